The number of aryl methyl sites for hydroxylation is 1. The molecular formula is C11H12O4. The Morgan fingerprint density at radius 2 is 2.13 bits per heavy atom. The highest BCUT2D eigenvalue weighted by atomic mass is 16.5. The number of hydrogen-bond donors (Lipinski definition) is 2. The molecule has 80 valence electrons. The molecule has 0 aliphatic carbocycles. The summed E-state index contributed by atoms with van der Waals surface area (Å²) < 4.78 is 4.91. The number of ketones is 1. The minimum atomic E-state index is -0.348. The zero-order valence-corrected chi connectivity index (χ0v) is 8.52. The number of phenols is 1. The van der Waals surface area contributed by atoms with Crippen LogP contribution in [0, 0.1) is 6.92 Å². The van der Waals surface area contributed by atoms with Crippen molar-refractivity contribution in [2.45, 2.75) is 6.92 Å². The lowest BCUT2D eigenvalue weighted by Crippen LogP contribution is -1.97. The monoisotopic (exact) mass is 208 g/mol. The average molecular weight is 208 g/mol. The van der Waals surface area contributed by atoms with Gasteiger partial charge < -0.3 is 14.9 Å². The molecule has 0 unspecified atom stereocenters. The highest BCUT2D eigenvalue weighted by Gasteiger charge is 2.10. The van der Waals surface area contributed by atoms with Crippen molar-refractivity contribution in [2.24, 2.45) is 0 Å². The first kappa shape index (κ1) is 11.1. The Morgan fingerprint density at radius 1 is 1.47 bits per heavy atom. The van der Waals surface area contributed by atoms with Crippen molar-refractivity contribution in [1.29, 1.82) is 0 Å². The van der Waals surface area contributed by atoms with Crippen molar-refractivity contribution in [3.63, 3.8) is 0 Å². The summed E-state index contributed by atoms with van der Waals surface area (Å²) in [7, 11) is 1.41. The van der Waals surface area contributed by atoms with Crippen LogP contribution in [0.25, 0.3) is 0 Å². The fraction of sp³-hybridized carbons (Fsp3) is 0.182. The standard InChI is InChI=1S/C11H12O4/c1-7-5-8(9(13)3-4-12)6-10(15-2)11(7)14/h3-6,12,14H,1-2H3. The summed E-state index contributed by atoms with van der Waals surface area (Å²) >= 11 is 0. The van der Waals surface area contributed by atoms with Gasteiger partial charge in [0.05, 0.1) is 13.4 Å². The molecule has 15 heavy (non-hydrogen) atoms. The van der Waals surface area contributed by atoms with Crippen LogP contribution in [0.5, 0.6) is 11.5 Å². The molecule has 4 nitrogen and oxygen atoms in total. The smallest absolute Gasteiger partial charge is 0.189 e. The van der Waals surface area contributed by atoms with Gasteiger partial charge in [0.1, 0.15) is 0 Å². The van der Waals surface area contributed by atoms with Gasteiger partial charge in [0.25, 0.3) is 0 Å². The Morgan fingerprint density at radius 3 is 2.67 bits per heavy atom. The zero-order valence-electron chi connectivity index (χ0n) is 8.52. The van der Waals surface area contributed by atoms with E-state index in [1.807, 2.05) is 0 Å². The fourth-order valence-corrected chi connectivity index (χ4v) is 1.21. The van der Waals surface area contributed by atoms with Crippen LogP contribution in [0.1, 0.15) is 15.9 Å². The third-order valence-electron chi connectivity index (χ3n) is 2.00. The third-order valence-corrected chi connectivity index (χ3v) is 2.00. The van der Waals surface area contributed by atoms with E-state index in [2.05, 4.69) is 0 Å². The first-order valence-corrected chi connectivity index (χ1v) is 4.33. The molecular weight excluding hydrogens is 196 g/mol. The van der Waals surface area contributed by atoms with Gasteiger partial charge in [0, 0.05) is 11.6 Å². The topological polar surface area (TPSA) is 66.8 Å². The second-order valence-electron chi connectivity index (χ2n) is 3.02. The van der Waals surface area contributed by atoms with Crippen molar-refractivity contribution in [1.82, 2.24) is 0 Å². The number of carbonyl (C=O) groups excluding carboxylic acids is 1. The van der Waals surface area contributed by atoms with E-state index in [-0.39, 0.29) is 17.3 Å². The normalized spacial score (nSPS) is 10.5. The lowest BCUT2D eigenvalue weighted by atomic mass is 10.1. The molecule has 0 amide bonds. The van der Waals surface area contributed by atoms with Gasteiger partial charge >= 0.3 is 0 Å². The van der Waals surface area contributed by atoms with Crippen molar-refractivity contribution >= 4 is 5.78 Å². The van der Waals surface area contributed by atoms with E-state index >= 15 is 0 Å². The van der Waals surface area contributed by atoms with Crippen LogP contribution in [0.4, 0.5) is 0 Å². The summed E-state index contributed by atoms with van der Waals surface area (Å²) in [6.07, 6.45) is 1.71. The van der Waals surface area contributed by atoms with Gasteiger partial charge in [-0.05, 0) is 24.6 Å². The number of rotatable bonds is 3. The number of aromatic hydroxyl groups is 1. The predicted molar refractivity (Wildman–Crippen MR) is 55.5 cm³/mol. The highest BCUT2D eigenvalue weighted by molar-refractivity contribution is 6.04. The van der Waals surface area contributed by atoms with E-state index in [1.54, 1.807) is 6.92 Å². The first-order chi connectivity index (χ1) is 7.10. The molecule has 0 saturated heterocycles. The molecule has 1 aromatic rings. The van der Waals surface area contributed by atoms with Crippen LogP contribution in [-0.2, 0) is 0 Å². The zero-order chi connectivity index (χ0) is 11.4. The Bertz CT molecular complexity index is 407. The van der Waals surface area contributed by atoms with E-state index < -0.39 is 0 Å². The maximum absolute atomic E-state index is 11.4. The lowest BCUT2D eigenvalue weighted by molar-refractivity contribution is 0.104. The number of carbonyl (C=O) groups is 1. The molecule has 4 heteroatoms. The second kappa shape index (κ2) is 4.50. The molecule has 0 bridgehead atoms. The van der Waals surface area contributed by atoms with E-state index in [4.69, 9.17) is 9.84 Å². The Kier molecular flexibility index (Phi) is 3.33. The number of aliphatic hydroxyl groups is 1. The molecule has 0 fully saturated rings. The molecule has 0 aliphatic rings. The molecule has 0 aliphatic heterocycles. The number of phenolic OH excluding ortho intramolecular Hbond substituents is 1. The van der Waals surface area contributed by atoms with Crippen LogP contribution in [-0.4, -0.2) is 23.1 Å². The molecule has 2 N–H and O–H groups in total. The van der Waals surface area contributed by atoms with Crippen LogP contribution in [0.15, 0.2) is 24.5 Å². The molecule has 1 rings (SSSR count). The summed E-state index contributed by atoms with van der Waals surface area (Å²) in [5.74, 6) is -0.0920. The van der Waals surface area contributed by atoms with Gasteiger partial charge in [0.15, 0.2) is 17.3 Å². The van der Waals surface area contributed by atoms with Crippen molar-refractivity contribution in [3.05, 3.63) is 35.6 Å². The number of allylic oxidation sites excluding steroid dienone is 1. The van der Waals surface area contributed by atoms with Crippen LogP contribution in [0.2, 0.25) is 0 Å². The summed E-state index contributed by atoms with van der Waals surface area (Å²) in [4.78, 5) is 11.4. The molecule has 0 heterocycles. The number of benzene rings is 1. The molecule has 0 radical (unpaired) electrons. The number of hydrogen-bond acceptors (Lipinski definition) is 4. The molecule has 0 aromatic heterocycles. The molecule has 0 saturated carbocycles. The average Bonchev–Trinajstić information content (AvgIpc) is 2.22. The van der Waals surface area contributed by atoms with Gasteiger partial charge in [-0.15, -0.1) is 0 Å². The minimum Gasteiger partial charge on any atom is -0.515 e. The SMILES string of the molecule is COc1cc(C(=O)C=CO)cc(C)c1O. The van der Waals surface area contributed by atoms with E-state index in [1.165, 1.54) is 19.2 Å². The third kappa shape index (κ3) is 2.28. The summed E-state index contributed by atoms with van der Waals surface area (Å²) in [5, 5.41) is 18.0. The first-order valence-electron chi connectivity index (χ1n) is 4.33. The Labute approximate surface area is 87.4 Å². The van der Waals surface area contributed by atoms with Gasteiger partial charge in [-0.25, -0.2) is 0 Å². The molecule has 0 atom stereocenters. The van der Waals surface area contributed by atoms with Gasteiger partial charge in [-0.1, -0.05) is 0 Å². The number of ether oxygens (including phenoxy) is 1. The van der Waals surface area contributed by atoms with Gasteiger partial charge in [0.2, 0.25) is 0 Å². The van der Waals surface area contributed by atoms with E-state index in [0.29, 0.717) is 17.4 Å². The van der Waals surface area contributed by atoms with E-state index in [0.717, 1.165) is 6.08 Å². The summed E-state index contributed by atoms with van der Waals surface area (Å²) in [6, 6.07) is 2.95. The summed E-state index contributed by atoms with van der Waals surface area (Å²) in [5.41, 5.74) is 0.900. The van der Waals surface area contributed by atoms with Crippen molar-refractivity contribution < 1.29 is 19.7 Å². The summed E-state index contributed by atoms with van der Waals surface area (Å²) in [6.45, 7) is 1.66. The number of methoxy groups -OCH3 is 1. The Hall–Kier alpha value is -1.97. The molecule has 0 spiro atoms. The second-order valence-corrected chi connectivity index (χ2v) is 3.02. The lowest BCUT2D eigenvalue weighted by Gasteiger charge is -2.07. The Balaban J connectivity index is 3.22. The van der Waals surface area contributed by atoms with Crippen LogP contribution in [0.3, 0.4) is 0 Å². The van der Waals surface area contributed by atoms with Crippen molar-refractivity contribution in [3.8, 4) is 11.5 Å². The maximum atomic E-state index is 11.4. The number of aliphatic hydroxyl groups excluding tert-OH is 1. The fourth-order valence-electron chi connectivity index (χ4n) is 1.21. The van der Waals surface area contributed by atoms with Crippen molar-refractivity contribution in [2.75, 3.05) is 7.11 Å². The van der Waals surface area contributed by atoms with Gasteiger partial charge in [-0.3, -0.25) is 4.79 Å². The molecule has 1 aromatic carbocycles. The minimum absolute atomic E-state index is 0.0158. The van der Waals surface area contributed by atoms with Crippen LogP contribution >= 0.6 is 0 Å². The quantitative estimate of drug-likeness (QED) is 0.452. The highest BCUT2D eigenvalue weighted by Crippen LogP contribution is 2.30. The van der Waals surface area contributed by atoms with Gasteiger partial charge in [-0.2, -0.15) is 0 Å². The van der Waals surface area contributed by atoms with E-state index in [9.17, 15) is 9.90 Å². The largest absolute Gasteiger partial charge is 0.515 e. The van der Waals surface area contributed by atoms with Crippen LogP contribution < -0.4 is 4.74 Å². The predicted octanol–water partition coefficient (Wildman–Crippen LogP) is 1.96. The maximum Gasteiger partial charge on any atom is 0.189 e.